The molecule has 202 valence electrons. The van der Waals surface area contributed by atoms with Crippen molar-refractivity contribution in [3.8, 4) is 0 Å². The summed E-state index contributed by atoms with van der Waals surface area (Å²) in [5, 5.41) is 0.0842. The largest absolute Gasteiger partial charge is 0.240 e. The van der Waals surface area contributed by atoms with Gasteiger partial charge in [0.1, 0.15) is 0 Å². The smallest absolute Gasteiger partial charge is 0.207 e. The predicted molar refractivity (Wildman–Crippen MR) is 154 cm³/mol. The number of sulfonamides is 2. The van der Waals surface area contributed by atoms with Crippen LogP contribution in [0.1, 0.15) is 64.5 Å². The molecular formula is C26H40N2O4S4. The van der Waals surface area contributed by atoms with E-state index in [2.05, 4.69) is 23.3 Å². The molecule has 0 bridgehead atoms. The molecule has 0 saturated heterocycles. The van der Waals surface area contributed by atoms with Crippen LogP contribution >= 0.6 is 21.6 Å². The fourth-order valence-electron chi connectivity index (χ4n) is 3.80. The number of hydrogen-bond acceptors (Lipinski definition) is 6. The lowest BCUT2D eigenvalue weighted by Gasteiger charge is -2.29. The Bertz CT molecular complexity index is 1060. The molecule has 0 amide bonds. The zero-order valence-corrected chi connectivity index (χ0v) is 25.3. The Morgan fingerprint density at radius 1 is 0.583 bits per heavy atom. The van der Waals surface area contributed by atoms with E-state index in [-0.39, 0.29) is 32.4 Å². The Morgan fingerprint density at radius 3 is 1.14 bits per heavy atom. The monoisotopic (exact) mass is 572 g/mol. The highest BCUT2D eigenvalue weighted by Gasteiger charge is 2.30. The maximum Gasteiger partial charge on any atom is 0.240 e. The third-order valence-electron chi connectivity index (χ3n) is 6.16. The maximum atomic E-state index is 13.0. The fourth-order valence-corrected chi connectivity index (χ4v) is 10.5. The number of hydrogen-bond donors (Lipinski definition) is 2. The Labute approximate surface area is 226 Å². The van der Waals surface area contributed by atoms with Crippen LogP contribution in [0, 0.1) is 13.8 Å². The van der Waals surface area contributed by atoms with Gasteiger partial charge in [0, 0.05) is 22.6 Å². The van der Waals surface area contributed by atoms with Crippen LogP contribution in [0.4, 0.5) is 0 Å². The molecule has 0 unspecified atom stereocenters. The van der Waals surface area contributed by atoms with Crippen molar-refractivity contribution in [1.29, 1.82) is 0 Å². The van der Waals surface area contributed by atoms with Crippen molar-refractivity contribution in [2.75, 3.05) is 0 Å². The first-order valence-corrected chi connectivity index (χ1v) is 17.7. The van der Waals surface area contributed by atoms with E-state index in [0.29, 0.717) is 12.8 Å². The second kappa shape index (κ2) is 14.2. The molecule has 0 saturated carbocycles. The van der Waals surface area contributed by atoms with E-state index in [0.717, 1.165) is 24.0 Å². The van der Waals surface area contributed by atoms with Gasteiger partial charge in [0.05, 0.1) is 9.79 Å². The SMILES string of the molecule is CC[C@H](SS[C@@H](CC)[C@@H](CC)NS(=O)(=O)c1ccc(C)cc1)[C@@H](CC)NS(=O)(=O)c1ccc(C)cc1. The van der Waals surface area contributed by atoms with Crippen LogP contribution in [0.3, 0.4) is 0 Å². The summed E-state index contributed by atoms with van der Waals surface area (Å²) in [7, 11) is -3.97. The summed E-state index contributed by atoms with van der Waals surface area (Å²) in [5.41, 5.74) is 2.02. The fraction of sp³-hybridized carbons (Fsp3) is 0.538. The summed E-state index contributed by atoms with van der Waals surface area (Å²) in [6.07, 6.45) is 2.89. The van der Waals surface area contributed by atoms with Gasteiger partial charge >= 0.3 is 0 Å². The van der Waals surface area contributed by atoms with E-state index in [1.165, 1.54) is 0 Å². The Hall–Kier alpha value is -1.04. The van der Waals surface area contributed by atoms with Crippen molar-refractivity contribution in [3.63, 3.8) is 0 Å². The van der Waals surface area contributed by atoms with Gasteiger partial charge in [-0.15, -0.1) is 0 Å². The summed E-state index contributed by atoms with van der Waals surface area (Å²) in [5.74, 6) is 0. The van der Waals surface area contributed by atoms with Crippen LogP contribution < -0.4 is 9.44 Å². The van der Waals surface area contributed by atoms with Crippen molar-refractivity contribution in [2.45, 2.75) is 99.6 Å². The van der Waals surface area contributed by atoms with Crippen LogP contribution in [0.5, 0.6) is 0 Å². The summed E-state index contributed by atoms with van der Waals surface area (Å²) in [6.45, 7) is 11.9. The van der Waals surface area contributed by atoms with Gasteiger partial charge in [0.25, 0.3) is 0 Å². The van der Waals surface area contributed by atoms with Crippen molar-refractivity contribution < 1.29 is 16.8 Å². The standard InChI is InChI=1S/C26H40N2O4S4/c1-7-23(27-35(29,30)21-15-11-19(5)12-16-21)25(9-3)33-34-26(10-4)24(8-2)28-36(31,32)22-17-13-20(6)14-18-22/h11-18,23-28H,7-10H2,1-6H3/t23-,24-,25+,26+/m1/s1. The molecule has 0 heterocycles. The molecular weight excluding hydrogens is 533 g/mol. The number of nitrogens with one attached hydrogen (secondary N) is 2. The lowest BCUT2D eigenvalue weighted by Crippen LogP contribution is -2.42. The highest BCUT2D eigenvalue weighted by molar-refractivity contribution is 8.77. The van der Waals surface area contributed by atoms with E-state index < -0.39 is 20.0 Å². The molecule has 6 nitrogen and oxygen atoms in total. The average molecular weight is 573 g/mol. The van der Waals surface area contributed by atoms with Crippen molar-refractivity contribution in [2.24, 2.45) is 0 Å². The highest BCUT2D eigenvalue weighted by Crippen LogP contribution is 2.38. The molecule has 10 heteroatoms. The van der Waals surface area contributed by atoms with E-state index in [1.54, 1.807) is 70.1 Å². The van der Waals surface area contributed by atoms with E-state index in [1.807, 2.05) is 27.7 Å². The number of aryl methyl sites for hydroxylation is 2. The van der Waals surface area contributed by atoms with Crippen LogP contribution in [-0.4, -0.2) is 39.4 Å². The molecule has 2 aromatic carbocycles. The van der Waals surface area contributed by atoms with Gasteiger partial charge in [0.2, 0.25) is 20.0 Å². The van der Waals surface area contributed by atoms with Gasteiger partial charge in [0.15, 0.2) is 0 Å². The molecule has 2 rings (SSSR count). The van der Waals surface area contributed by atoms with Gasteiger partial charge in [-0.05, 0) is 63.8 Å². The van der Waals surface area contributed by atoms with Crippen LogP contribution in [0.2, 0.25) is 0 Å². The Morgan fingerprint density at radius 2 is 0.889 bits per heavy atom. The minimum Gasteiger partial charge on any atom is -0.207 e. The summed E-state index contributed by atoms with van der Waals surface area (Å²) < 4.78 is 57.8. The first-order valence-electron chi connectivity index (χ1n) is 12.5. The predicted octanol–water partition coefficient (Wildman–Crippen LogP) is 6.06. The maximum absolute atomic E-state index is 13.0. The van der Waals surface area contributed by atoms with Crippen molar-refractivity contribution in [1.82, 2.24) is 9.44 Å². The van der Waals surface area contributed by atoms with Crippen molar-refractivity contribution >= 4 is 41.6 Å². The Balaban J connectivity index is 2.10. The van der Waals surface area contributed by atoms with E-state index in [9.17, 15) is 16.8 Å². The molecule has 0 aliphatic heterocycles. The lowest BCUT2D eigenvalue weighted by molar-refractivity contribution is 0.519. The normalized spacial score (nSPS) is 15.8. The quantitative estimate of drug-likeness (QED) is 0.252. The van der Waals surface area contributed by atoms with E-state index in [4.69, 9.17) is 0 Å². The topological polar surface area (TPSA) is 92.3 Å². The van der Waals surface area contributed by atoms with Crippen molar-refractivity contribution in [3.05, 3.63) is 59.7 Å². The third-order valence-corrected chi connectivity index (χ3v) is 12.9. The molecule has 0 aliphatic carbocycles. The van der Waals surface area contributed by atoms with Gasteiger partial charge < -0.3 is 0 Å². The van der Waals surface area contributed by atoms with Crippen LogP contribution in [-0.2, 0) is 20.0 Å². The molecule has 0 fully saturated rings. The molecule has 2 N–H and O–H groups in total. The van der Waals surface area contributed by atoms with Gasteiger partial charge in [-0.1, -0.05) is 84.7 Å². The van der Waals surface area contributed by atoms with Gasteiger partial charge in [-0.2, -0.15) is 0 Å². The molecule has 0 aliphatic rings. The highest BCUT2D eigenvalue weighted by atomic mass is 33.1. The summed E-state index contributed by atoms with van der Waals surface area (Å²) in [4.78, 5) is 0.532. The molecule has 2 aromatic rings. The van der Waals surface area contributed by atoms with Gasteiger partial charge in [-0.25, -0.2) is 26.3 Å². The molecule has 0 spiro atoms. The second-order valence-electron chi connectivity index (χ2n) is 8.98. The molecule has 0 radical (unpaired) electrons. The first-order chi connectivity index (χ1) is 17.0. The average Bonchev–Trinajstić information content (AvgIpc) is 2.85. The lowest BCUT2D eigenvalue weighted by atomic mass is 10.1. The number of rotatable bonds is 15. The Kier molecular flexibility index (Phi) is 12.3. The van der Waals surface area contributed by atoms with E-state index >= 15 is 0 Å². The molecule has 0 aromatic heterocycles. The van der Waals surface area contributed by atoms with Crippen LogP contribution in [0.25, 0.3) is 0 Å². The third kappa shape index (κ3) is 8.77. The summed E-state index contributed by atoms with van der Waals surface area (Å²) in [6, 6.07) is 13.2. The summed E-state index contributed by atoms with van der Waals surface area (Å²) >= 11 is 0. The zero-order chi connectivity index (χ0) is 26.9. The molecule has 36 heavy (non-hydrogen) atoms. The minimum atomic E-state index is -3.63. The molecule has 4 atom stereocenters. The minimum absolute atomic E-state index is 0.0421. The second-order valence-corrected chi connectivity index (χ2v) is 15.2. The zero-order valence-electron chi connectivity index (χ0n) is 22.0. The van der Waals surface area contributed by atoms with Gasteiger partial charge in [-0.3, -0.25) is 0 Å². The van der Waals surface area contributed by atoms with Crippen LogP contribution in [0.15, 0.2) is 58.3 Å². The number of benzene rings is 2. The first kappa shape index (κ1) is 31.2.